The van der Waals surface area contributed by atoms with Crippen LogP contribution in [0.25, 0.3) is 0 Å². The average Bonchev–Trinajstić information content (AvgIpc) is 2.08. The van der Waals surface area contributed by atoms with Gasteiger partial charge < -0.3 is 5.32 Å². The second-order valence-corrected chi connectivity index (χ2v) is 4.81. The Morgan fingerprint density at radius 1 is 1.27 bits per heavy atom. The number of hydrogen-bond donors (Lipinski definition) is 1. The molecule has 1 saturated heterocycles. The molecule has 0 aliphatic carbocycles. The molecule has 1 heterocycles. The van der Waals surface area contributed by atoms with Crippen molar-refractivity contribution in [3.63, 3.8) is 0 Å². The van der Waals surface area contributed by atoms with Gasteiger partial charge in [0, 0.05) is 25.9 Å². The normalized spacial score (nSPS) is 20.9. The van der Waals surface area contributed by atoms with E-state index in [4.69, 9.17) is 0 Å². The molecule has 0 atom stereocenters. The Kier molecular flexibility index (Phi) is 3.85. The number of hydrogen-bond acceptors (Lipinski definition) is 3. The fraction of sp³-hybridized carbons (Fsp3) is 0.818. The summed E-state index contributed by atoms with van der Waals surface area (Å²) in [7, 11) is 0. The third-order valence-electron chi connectivity index (χ3n) is 2.62. The lowest BCUT2D eigenvalue weighted by Gasteiger charge is -2.34. The van der Waals surface area contributed by atoms with Gasteiger partial charge >= 0.3 is 0 Å². The van der Waals surface area contributed by atoms with Gasteiger partial charge in [-0.2, -0.15) is 0 Å². The topological polar surface area (TPSA) is 49.4 Å². The highest BCUT2D eigenvalue weighted by atomic mass is 16.2. The third-order valence-corrected chi connectivity index (χ3v) is 2.62. The van der Waals surface area contributed by atoms with E-state index >= 15 is 0 Å². The van der Waals surface area contributed by atoms with Crippen molar-refractivity contribution in [3.8, 4) is 0 Å². The maximum absolute atomic E-state index is 11.7. The minimum atomic E-state index is -0.164. The zero-order valence-electron chi connectivity index (χ0n) is 9.80. The number of nitrogens with zero attached hydrogens (tertiary/aromatic N) is 1. The molecule has 0 radical (unpaired) electrons. The van der Waals surface area contributed by atoms with E-state index in [0.29, 0.717) is 25.9 Å². The number of piperidine rings is 1. The van der Waals surface area contributed by atoms with Crippen LogP contribution in [0.2, 0.25) is 0 Å². The lowest BCUT2D eigenvalue weighted by molar-refractivity contribution is -0.152. The van der Waals surface area contributed by atoms with E-state index in [1.54, 1.807) is 0 Å². The van der Waals surface area contributed by atoms with E-state index in [1.807, 2.05) is 20.8 Å². The number of rotatable bonds is 4. The zero-order valence-corrected chi connectivity index (χ0v) is 9.80. The summed E-state index contributed by atoms with van der Waals surface area (Å²) in [5.41, 5.74) is -0.164. The summed E-state index contributed by atoms with van der Waals surface area (Å²) >= 11 is 0. The van der Waals surface area contributed by atoms with Gasteiger partial charge in [-0.25, -0.2) is 0 Å². The molecule has 1 rings (SSSR count). The van der Waals surface area contributed by atoms with Crippen LogP contribution in [-0.4, -0.2) is 36.3 Å². The fourth-order valence-corrected chi connectivity index (χ4v) is 1.83. The largest absolute Gasteiger partial charge is 0.315 e. The number of carbonyl (C=O) groups is 2. The van der Waals surface area contributed by atoms with Crippen LogP contribution in [0.3, 0.4) is 0 Å². The van der Waals surface area contributed by atoms with E-state index in [-0.39, 0.29) is 17.2 Å². The Hall–Kier alpha value is -0.900. The first-order chi connectivity index (χ1) is 6.96. The van der Waals surface area contributed by atoms with Crippen molar-refractivity contribution in [2.45, 2.75) is 33.6 Å². The minimum Gasteiger partial charge on any atom is -0.315 e. The van der Waals surface area contributed by atoms with Gasteiger partial charge in [-0.05, 0) is 12.0 Å². The monoisotopic (exact) mass is 212 g/mol. The molecule has 0 bridgehead atoms. The maximum Gasteiger partial charge on any atom is 0.229 e. The van der Waals surface area contributed by atoms with Gasteiger partial charge in [0.25, 0.3) is 0 Å². The molecule has 86 valence electrons. The quantitative estimate of drug-likeness (QED) is 0.553. The van der Waals surface area contributed by atoms with Gasteiger partial charge in [0.15, 0.2) is 0 Å². The average molecular weight is 212 g/mol. The van der Waals surface area contributed by atoms with Crippen molar-refractivity contribution in [1.29, 1.82) is 0 Å². The molecule has 1 aliphatic rings. The minimum absolute atomic E-state index is 0.0332. The number of carbonyl (C=O) groups excluding carboxylic acids is 2. The summed E-state index contributed by atoms with van der Waals surface area (Å²) in [5.74, 6) is -0.0664. The molecule has 4 nitrogen and oxygen atoms in total. The zero-order chi connectivity index (χ0) is 11.5. The lowest BCUT2D eigenvalue weighted by atomic mass is 9.82. The number of amides is 2. The first-order valence-electron chi connectivity index (χ1n) is 5.50. The molecular formula is C11H20N2O2. The Bertz CT molecular complexity index is 241. The van der Waals surface area contributed by atoms with Crippen molar-refractivity contribution in [2.75, 3.05) is 19.6 Å². The molecule has 0 aromatic carbocycles. The summed E-state index contributed by atoms with van der Waals surface area (Å²) < 4.78 is 0. The van der Waals surface area contributed by atoms with Gasteiger partial charge in [0.05, 0.1) is 0 Å². The van der Waals surface area contributed by atoms with Gasteiger partial charge in [-0.15, -0.1) is 0 Å². The van der Waals surface area contributed by atoms with E-state index in [0.717, 1.165) is 6.54 Å². The molecule has 0 saturated carbocycles. The Morgan fingerprint density at radius 3 is 2.27 bits per heavy atom. The molecule has 0 unspecified atom stereocenters. The smallest absolute Gasteiger partial charge is 0.229 e. The first kappa shape index (κ1) is 12.2. The van der Waals surface area contributed by atoms with Crippen LogP contribution >= 0.6 is 0 Å². The van der Waals surface area contributed by atoms with E-state index in [1.165, 1.54) is 4.90 Å². The number of likely N-dealkylation sites (tertiary alicyclic amines) is 1. The Morgan fingerprint density at radius 2 is 1.80 bits per heavy atom. The van der Waals surface area contributed by atoms with Gasteiger partial charge in [-0.3, -0.25) is 14.5 Å². The van der Waals surface area contributed by atoms with Crippen molar-refractivity contribution in [1.82, 2.24) is 10.2 Å². The molecule has 1 fully saturated rings. The first-order valence-corrected chi connectivity index (χ1v) is 5.50. The van der Waals surface area contributed by atoms with Crippen LogP contribution in [0.15, 0.2) is 0 Å². The molecule has 4 heteroatoms. The van der Waals surface area contributed by atoms with E-state index in [9.17, 15) is 9.59 Å². The Balaban J connectivity index is 2.52. The maximum atomic E-state index is 11.7. The van der Waals surface area contributed by atoms with Gasteiger partial charge in [0.2, 0.25) is 11.8 Å². The van der Waals surface area contributed by atoms with Crippen LogP contribution in [0.5, 0.6) is 0 Å². The number of likely N-dealkylation sites (N-methyl/N-ethyl adjacent to an activating group) is 1. The van der Waals surface area contributed by atoms with Crippen LogP contribution in [0, 0.1) is 5.41 Å². The number of imide groups is 1. The summed E-state index contributed by atoms with van der Waals surface area (Å²) in [6, 6.07) is 0. The SMILES string of the molecule is CCNCCN1C(=O)CC(C)(C)CC1=O. The fourth-order valence-electron chi connectivity index (χ4n) is 1.83. The lowest BCUT2D eigenvalue weighted by Crippen LogP contribution is -2.48. The molecule has 1 N–H and O–H groups in total. The van der Waals surface area contributed by atoms with Crippen LogP contribution in [-0.2, 0) is 9.59 Å². The molecule has 0 aromatic heterocycles. The third kappa shape index (κ3) is 3.30. The molecule has 15 heavy (non-hydrogen) atoms. The summed E-state index contributed by atoms with van der Waals surface area (Å²) in [5, 5.41) is 3.11. The summed E-state index contributed by atoms with van der Waals surface area (Å²) in [6.07, 6.45) is 0.954. The second kappa shape index (κ2) is 4.75. The number of nitrogens with one attached hydrogen (secondary N) is 1. The standard InChI is InChI=1S/C11H20N2O2/c1-4-12-5-6-13-9(14)7-11(2,3)8-10(13)15/h12H,4-8H2,1-3H3. The summed E-state index contributed by atoms with van der Waals surface area (Å²) in [6.45, 7) is 7.98. The summed E-state index contributed by atoms with van der Waals surface area (Å²) in [4.78, 5) is 24.8. The predicted molar refractivity (Wildman–Crippen MR) is 58.3 cm³/mol. The highest BCUT2D eigenvalue weighted by Gasteiger charge is 2.36. The molecule has 1 aliphatic heterocycles. The molecule has 0 aromatic rings. The van der Waals surface area contributed by atoms with Gasteiger partial charge in [0.1, 0.15) is 0 Å². The van der Waals surface area contributed by atoms with Crippen molar-refractivity contribution < 1.29 is 9.59 Å². The van der Waals surface area contributed by atoms with Gasteiger partial charge in [-0.1, -0.05) is 20.8 Å². The molecule has 2 amide bonds. The van der Waals surface area contributed by atoms with Crippen molar-refractivity contribution in [3.05, 3.63) is 0 Å². The van der Waals surface area contributed by atoms with Crippen LogP contribution in [0.4, 0.5) is 0 Å². The predicted octanol–water partition coefficient (Wildman–Crippen LogP) is 0.771. The van der Waals surface area contributed by atoms with Crippen molar-refractivity contribution >= 4 is 11.8 Å². The van der Waals surface area contributed by atoms with Crippen LogP contribution in [0.1, 0.15) is 33.6 Å². The van der Waals surface area contributed by atoms with Crippen LogP contribution < -0.4 is 5.32 Å². The highest BCUT2D eigenvalue weighted by Crippen LogP contribution is 2.31. The van der Waals surface area contributed by atoms with Crippen molar-refractivity contribution in [2.24, 2.45) is 5.41 Å². The second-order valence-electron chi connectivity index (χ2n) is 4.81. The Labute approximate surface area is 91.0 Å². The molecule has 0 spiro atoms. The van der Waals surface area contributed by atoms with E-state index < -0.39 is 0 Å². The van der Waals surface area contributed by atoms with E-state index in [2.05, 4.69) is 5.32 Å². The molecular weight excluding hydrogens is 192 g/mol. The highest BCUT2D eigenvalue weighted by molar-refractivity contribution is 5.98.